The lowest BCUT2D eigenvalue weighted by Crippen LogP contribution is -2.52. The van der Waals surface area contributed by atoms with Crippen LogP contribution in [0.15, 0.2) is 0 Å². The Bertz CT molecular complexity index is 615. The van der Waals surface area contributed by atoms with Crippen LogP contribution in [0.1, 0.15) is 60.8 Å². The summed E-state index contributed by atoms with van der Waals surface area (Å²) in [6.45, 7) is 11.4. The minimum absolute atomic E-state index is 0.0369. The molecule has 10 heteroatoms. The molecule has 3 N–H and O–H groups in total. The average Bonchev–Trinajstić information content (AvgIpc) is 3.03. The third-order valence-corrected chi connectivity index (χ3v) is 6.03. The molecule has 1 aliphatic carbocycles. The van der Waals surface area contributed by atoms with Gasteiger partial charge in [0.2, 0.25) is 0 Å². The van der Waals surface area contributed by atoms with E-state index in [1.165, 1.54) is 0 Å². The summed E-state index contributed by atoms with van der Waals surface area (Å²) < 4.78 is 39.6. The van der Waals surface area contributed by atoms with Crippen molar-refractivity contribution in [2.75, 3.05) is 6.61 Å². The van der Waals surface area contributed by atoms with Gasteiger partial charge in [0, 0.05) is 6.42 Å². The largest absolute Gasteiger partial charge is 0.530 e. The van der Waals surface area contributed by atoms with Crippen molar-refractivity contribution in [3.8, 4) is 0 Å². The van der Waals surface area contributed by atoms with Crippen molar-refractivity contribution in [2.45, 2.75) is 103 Å². The summed E-state index contributed by atoms with van der Waals surface area (Å²) in [5, 5.41) is 0. The van der Waals surface area contributed by atoms with Crippen molar-refractivity contribution in [3.63, 3.8) is 0 Å². The number of nitrogens with two attached hydrogens (primary N) is 1. The first kappa shape index (κ1) is 24.7. The van der Waals surface area contributed by atoms with Crippen molar-refractivity contribution in [1.29, 1.82) is 0 Å². The fourth-order valence-corrected chi connectivity index (χ4v) is 4.95. The van der Waals surface area contributed by atoms with Gasteiger partial charge in [-0.1, -0.05) is 6.92 Å². The van der Waals surface area contributed by atoms with Gasteiger partial charge in [-0.2, -0.15) is 0 Å². The fourth-order valence-electron chi connectivity index (χ4n) is 3.96. The Morgan fingerprint density at radius 1 is 1.24 bits per heavy atom. The van der Waals surface area contributed by atoms with Gasteiger partial charge in [0.15, 0.2) is 6.10 Å². The Morgan fingerprint density at radius 3 is 2.48 bits per heavy atom. The number of ether oxygens (including phenoxy) is 3. The normalized spacial score (nSPS) is 37.2. The SMILES string of the molecule is CC(C)OC[C@@]1(N)C[C@@H](C)C[C@H]1OP(=O)(O)OC(=O)[C@H]1O[C@@H](C)C[C@H]1OC(C)C. The topological polar surface area (TPSA) is 127 Å². The molecule has 0 amide bonds. The lowest BCUT2D eigenvalue weighted by molar-refractivity contribution is -0.155. The Morgan fingerprint density at radius 2 is 1.90 bits per heavy atom. The summed E-state index contributed by atoms with van der Waals surface area (Å²) in [5.41, 5.74) is 5.50. The van der Waals surface area contributed by atoms with Crippen molar-refractivity contribution in [2.24, 2.45) is 11.7 Å². The van der Waals surface area contributed by atoms with Crippen LogP contribution >= 0.6 is 7.82 Å². The highest BCUT2D eigenvalue weighted by atomic mass is 31.2. The smallest absolute Gasteiger partial charge is 0.377 e. The predicted molar refractivity (Wildman–Crippen MR) is 106 cm³/mol. The lowest BCUT2D eigenvalue weighted by Gasteiger charge is -2.32. The van der Waals surface area contributed by atoms with Crippen LogP contribution in [0, 0.1) is 5.92 Å². The average molecular weight is 437 g/mol. The van der Waals surface area contributed by atoms with Gasteiger partial charge in [0.25, 0.3) is 0 Å². The van der Waals surface area contributed by atoms with E-state index in [1.54, 1.807) is 6.92 Å². The van der Waals surface area contributed by atoms with E-state index in [-0.39, 0.29) is 30.8 Å². The van der Waals surface area contributed by atoms with E-state index in [9.17, 15) is 14.3 Å². The number of carbonyl (C=O) groups excluding carboxylic acids is 1. The van der Waals surface area contributed by atoms with Crippen LogP contribution in [0.3, 0.4) is 0 Å². The molecule has 2 aliphatic rings. The van der Waals surface area contributed by atoms with E-state index < -0.39 is 37.6 Å². The number of hydrogen-bond acceptors (Lipinski definition) is 8. The summed E-state index contributed by atoms with van der Waals surface area (Å²) in [4.78, 5) is 22.8. The number of phosphoric acid groups is 1. The zero-order valence-electron chi connectivity index (χ0n) is 18.2. The zero-order chi connectivity index (χ0) is 22.0. The van der Waals surface area contributed by atoms with Gasteiger partial charge >= 0.3 is 13.8 Å². The van der Waals surface area contributed by atoms with Gasteiger partial charge in [-0.25, -0.2) is 9.36 Å². The van der Waals surface area contributed by atoms with Crippen LogP contribution in [0.4, 0.5) is 0 Å². The van der Waals surface area contributed by atoms with Crippen LogP contribution < -0.4 is 5.73 Å². The van der Waals surface area contributed by atoms with Crippen LogP contribution in [-0.2, 0) is 32.6 Å². The van der Waals surface area contributed by atoms with Gasteiger partial charge in [-0.15, -0.1) is 0 Å². The molecule has 0 aromatic heterocycles. The second-order valence-corrected chi connectivity index (χ2v) is 10.3. The molecule has 0 bridgehead atoms. The standard InChI is InChI=1S/C19H36NO8P/c1-11(2)24-10-19(20)9-13(5)7-16(19)27-29(22,23)28-18(21)17-15(25-12(3)4)8-14(6)26-17/h11-17H,7-10,20H2,1-6H3,(H,22,23)/t13-,14-,15+,16+,17-,19-/m0/s1. The van der Waals surface area contributed by atoms with E-state index in [0.717, 1.165) is 0 Å². The second-order valence-electron chi connectivity index (χ2n) is 8.94. The predicted octanol–water partition coefficient (Wildman–Crippen LogP) is 2.54. The molecule has 0 spiro atoms. The maximum absolute atomic E-state index is 12.6. The molecule has 1 heterocycles. The molecule has 9 nitrogen and oxygen atoms in total. The number of hydrogen-bond donors (Lipinski definition) is 2. The molecule has 1 unspecified atom stereocenters. The van der Waals surface area contributed by atoms with Gasteiger partial charge in [-0.05, 0) is 53.4 Å². The van der Waals surface area contributed by atoms with Crippen molar-refractivity contribution in [3.05, 3.63) is 0 Å². The molecule has 1 saturated carbocycles. The number of carbonyl (C=O) groups is 1. The number of rotatable bonds is 9. The summed E-state index contributed by atoms with van der Waals surface area (Å²) >= 11 is 0. The maximum Gasteiger partial charge on any atom is 0.530 e. The van der Waals surface area contributed by atoms with Crippen molar-refractivity contribution < 1.29 is 37.5 Å². The van der Waals surface area contributed by atoms with Crippen molar-refractivity contribution >= 4 is 13.8 Å². The van der Waals surface area contributed by atoms with Gasteiger partial charge in [-0.3, -0.25) is 9.42 Å². The monoisotopic (exact) mass is 437 g/mol. The molecule has 2 rings (SSSR count). The van der Waals surface area contributed by atoms with Crippen LogP contribution in [0.2, 0.25) is 0 Å². The summed E-state index contributed by atoms with van der Waals surface area (Å²) in [6.07, 6.45) is -1.25. The molecule has 0 radical (unpaired) electrons. The van der Waals surface area contributed by atoms with E-state index in [2.05, 4.69) is 0 Å². The van der Waals surface area contributed by atoms with Crippen LogP contribution in [-0.4, -0.2) is 59.6 Å². The molecule has 2 fully saturated rings. The maximum atomic E-state index is 12.6. The fraction of sp³-hybridized carbons (Fsp3) is 0.947. The summed E-state index contributed by atoms with van der Waals surface area (Å²) in [7, 11) is -4.71. The van der Waals surface area contributed by atoms with Gasteiger partial charge in [0.05, 0.1) is 42.7 Å². The molecule has 0 aromatic carbocycles. The number of phosphoric ester groups is 1. The molecule has 170 valence electrons. The lowest BCUT2D eigenvalue weighted by atomic mass is 9.97. The van der Waals surface area contributed by atoms with E-state index in [0.29, 0.717) is 19.3 Å². The zero-order valence-corrected chi connectivity index (χ0v) is 19.1. The first-order chi connectivity index (χ1) is 13.3. The Kier molecular flexibility index (Phi) is 8.29. The minimum Gasteiger partial charge on any atom is -0.377 e. The molecule has 29 heavy (non-hydrogen) atoms. The van der Waals surface area contributed by atoms with Crippen molar-refractivity contribution in [1.82, 2.24) is 0 Å². The Labute approximate surface area is 173 Å². The first-order valence-corrected chi connectivity index (χ1v) is 11.8. The molecular weight excluding hydrogens is 401 g/mol. The van der Waals surface area contributed by atoms with E-state index in [1.807, 2.05) is 34.6 Å². The Hall–Kier alpha value is -0.540. The summed E-state index contributed by atoms with van der Waals surface area (Å²) in [6, 6.07) is 0. The highest BCUT2D eigenvalue weighted by molar-refractivity contribution is 7.48. The van der Waals surface area contributed by atoms with Gasteiger partial charge < -0.3 is 24.5 Å². The first-order valence-electron chi connectivity index (χ1n) is 10.3. The molecule has 1 saturated heterocycles. The quantitative estimate of drug-likeness (QED) is 0.523. The molecule has 1 aliphatic heterocycles. The van der Waals surface area contributed by atoms with E-state index in [4.69, 9.17) is 29.0 Å². The third-order valence-electron chi connectivity index (χ3n) is 5.10. The van der Waals surface area contributed by atoms with E-state index >= 15 is 0 Å². The van der Waals surface area contributed by atoms with Crippen LogP contribution in [0.25, 0.3) is 0 Å². The van der Waals surface area contributed by atoms with Gasteiger partial charge in [0.1, 0.15) is 0 Å². The minimum atomic E-state index is -4.71. The highest BCUT2D eigenvalue weighted by Gasteiger charge is 2.49. The second kappa shape index (κ2) is 9.73. The Balaban J connectivity index is 2.02. The highest BCUT2D eigenvalue weighted by Crippen LogP contribution is 2.50. The molecule has 7 atom stereocenters. The molecular formula is C19H36NO8P. The molecule has 0 aromatic rings. The summed E-state index contributed by atoms with van der Waals surface area (Å²) in [5.74, 6) is -0.794. The third kappa shape index (κ3) is 6.99. The van der Waals surface area contributed by atoms with Crippen LogP contribution in [0.5, 0.6) is 0 Å².